The number of nitrogens with one attached hydrogen (secondary N) is 1. The van der Waals surface area contributed by atoms with E-state index in [9.17, 15) is 4.79 Å². The molecule has 106 valence electrons. The zero-order valence-corrected chi connectivity index (χ0v) is 11.9. The second-order valence-electron chi connectivity index (χ2n) is 4.04. The summed E-state index contributed by atoms with van der Waals surface area (Å²) in [7, 11) is 0. The van der Waals surface area contributed by atoms with Crippen molar-refractivity contribution in [2.45, 2.75) is 18.4 Å². The lowest BCUT2D eigenvalue weighted by molar-refractivity contribution is -0.117. The maximum absolute atomic E-state index is 10.6. The van der Waals surface area contributed by atoms with Crippen molar-refractivity contribution in [2.24, 2.45) is 5.73 Å². The molecule has 2 aromatic rings. The summed E-state index contributed by atoms with van der Waals surface area (Å²) < 4.78 is 5.10. The van der Waals surface area contributed by atoms with Crippen LogP contribution >= 0.6 is 11.8 Å². The van der Waals surface area contributed by atoms with Crippen LogP contribution < -0.4 is 11.1 Å². The average Bonchev–Trinajstić information content (AvgIpc) is 2.88. The first-order valence-corrected chi connectivity index (χ1v) is 7.22. The summed E-state index contributed by atoms with van der Waals surface area (Å²) in [6.45, 7) is 2.52. The number of primary amides is 1. The maximum Gasteiger partial charge on any atom is 0.240 e. The predicted octanol–water partition coefficient (Wildman–Crippen LogP) is 1.42. The molecule has 0 aliphatic rings. The lowest BCUT2D eigenvalue weighted by Crippen LogP contribution is -2.28. The van der Waals surface area contributed by atoms with Crippen LogP contribution in [0.2, 0.25) is 0 Å². The van der Waals surface area contributed by atoms with Gasteiger partial charge in [-0.1, -0.05) is 12.1 Å². The van der Waals surface area contributed by atoms with Gasteiger partial charge in [-0.15, -0.1) is 11.8 Å². The van der Waals surface area contributed by atoms with Gasteiger partial charge >= 0.3 is 0 Å². The second kappa shape index (κ2) is 7.06. The lowest BCUT2D eigenvalue weighted by Gasteiger charge is -1.99. The van der Waals surface area contributed by atoms with Crippen LogP contribution in [0.15, 0.2) is 33.7 Å². The Morgan fingerprint density at radius 1 is 1.40 bits per heavy atom. The number of hydrogen-bond donors (Lipinski definition) is 2. The van der Waals surface area contributed by atoms with Crippen molar-refractivity contribution in [2.75, 3.05) is 12.3 Å². The van der Waals surface area contributed by atoms with Gasteiger partial charge in [0.15, 0.2) is 0 Å². The molecule has 6 nitrogen and oxygen atoms in total. The summed E-state index contributed by atoms with van der Waals surface area (Å²) in [5, 5.41) is 6.73. The van der Waals surface area contributed by atoms with Crippen molar-refractivity contribution in [3.8, 4) is 11.4 Å². The van der Waals surface area contributed by atoms with Gasteiger partial charge in [0.05, 0.1) is 13.1 Å². The quantitative estimate of drug-likeness (QED) is 0.750. The van der Waals surface area contributed by atoms with Gasteiger partial charge in [-0.05, 0) is 30.0 Å². The molecule has 0 unspecified atom stereocenters. The van der Waals surface area contributed by atoms with Gasteiger partial charge in [0.25, 0.3) is 0 Å². The highest BCUT2D eigenvalue weighted by Crippen LogP contribution is 2.22. The molecule has 0 aliphatic carbocycles. The van der Waals surface area contributed by atoms with Crippen molar-refractivity contribution in [3.05, 3.63) is 30.2 Å². The zero-order chi connectivity index (χ0) is 14.4. The summed E-state index contributed by atoms with van der Waals surface area (Å²) in [5.74, 6) is 1.58. The molecule has 1 heterocycles. The summed E-state index contributed by atoms with van der Waals surface area (Å²) in [6, 6.07) is 7.99. The van der Waals surface area contributed by atoms with Gasteiger partial charge in [0.2, 0.25) is 17.6 Å². The number of amides is 1. The van der Waals surface area contributed by atoms with Gasteiger partial charge in [0.1, 0.15) is 0 Å². The molecule has 1 amide bonds. The third-order valence-corrected chi connectivity index (χ3v) is 3.36. The number of hydrogen-bond acceptors (Lipinski definition) is 6. The van der Waals surface area contributed by atoms with Crippen LogP contribution in [-0.4, -0.2) is 28.3 Å². The van der Waals surface area contributed by atoms with Crippen LogP contribution in [0.5, 0.6) is 0 Å². The van der Waals surface area contributed by atoms with Crippen LogP contribution in [0.4, 0.5) is 0 Å². The first kappa shape index (κ1) is 14.5. The molecule has 0 spiro atoms. The molecule has 0 atom stereocenters. The Kier molecular flexibility index (Phi) is 5.14. The van der Waals surface area contributed by atoms with E-state index in [1.165, 1.54) is 4.90 Å². The summed E-state index contributed by atoms with van der Waals surface area (Å²) in [6.07, 6.45) is 0. The highest BCUT2D eigenvalue weighted by atomic mass is 32.2. The Morgan fingerprint density at radius 3 is 2.80 bits per heavy atom. The third-order valence-electron chi connectivity index (χ3n) is 2.47. The summed E-state index contributed by atoms with van der Waals surface area (Å²) in [5.41, 5.74) is 5.92. The topological polar surface area (TPSA) is 94.0 Å². The van der Waals surface area contributed by atoms with Crippen molar-refractivity contribution in [1.29, 1.82) is 0 Å². The molecule has 0 aliphatic heterocycles. The zero-order valence-electron chi connectivity index (χ0n) is 11.1. The third kappa shape index (κ3) is 4.07. The van der Waals surface area contributed by atoms with Crippen LogP contribution in [0.25, 0.3) is 11.4 Å². The first-order chi connectivity index (χ1) is 9.69. The van der Waals surface area contributed by atoms with E-state index < -0.39 is 5.91 Å². The number of aromatic nitrogens is 2. The molecule has 0 fully saturated rings. The van der Waals surface area contributed by atoms with Crippen molar-refractivity contribution < 1.29 is 9.32 Å². The molecule has 1 aromatic carbocycles. The van der Waals surface area contributed by atoms with Crippen LogP contribution in [0.3, 0.4) is 0 Å². The van der Waals surface area contributed by atoms with Crippen LogP contribution in [0, 0.1) is 0 Å². The standard InChI is InChI=1S/C13H16N4O2S/c1-2-20-10-5-3-9(4-6-10)13-16-12(19-17-13)8-15-7-11(14)18/h3-6,15H,2,7-8H2,1H3,(H2,14,18). The predicted molar refractivity (Wildman–Crippen MR) is 77.0 cm³/mol. The molecule has 3 N–H and O–H groups in total. The number of nitrogens with zero attached hydrogens (tertiary/aromatic N) is 2. The number of carbonyl (C=O) groups is 1. The normalized spacial score (nSPS) is 10.7. The second-order valence-corrected chi connectivity index (χ2v) is 5.38. The van der Waals surface area contributed by atoms with E-state index in [4.69, 9.17) is 10.3 Å². The highest BCUT2D eigenvalue weighted by Gasteiger charge is 2.08. The van der Waals surface area contributed by atoms with Gasteiger partial charge in [-0.2, -0.15) is 4.98 Å². The first-order valence-electron chi connectivity index (χ1n) is 6.24. The van der Waals surface area contributed by atoms with Crippen molar-refractivity contribution in [1.82, 2.24) is 15.5 Å². The van der Waals surface area contributed by atoms with Gasteiger partial charge < -0.3 is 10.3 Å². The van der Waals surface area contributed by atoms with Gasteiger partial charge in [-0.25, -0.2) is 0 Å². The van der Waals surface area contributed by atoms with Crippen molar-refractivity contribution in [3.63, 3.8) is 0 Å². The molecule has 2 rings (SSSR count). The van der Waals surface area contributed by atoms with Gasteiger partial charge in [-0.3, -0.25) is 10.1 Å². The molecule has 7 heteroatoms. The Bertz CT molecular complexity index is 568. The minimum Gasteiger partial charge on any atom is -0.369 e. The number of thioether (sulfide) groups is 1. The number of benzene rings is 1. The van der Waals surface area contributed by atoms with E-state index in [-0.39, 0.29) is 6.54 Å². The number of nitrogens with two attached hydrogens (primary N) is 1. The Hall–Kier alpha value is -1.86. The average molecular weight is 292 g/mol. The van der Waals surface area contributed by atoms with E-state index in [1.807, 2.05) is 24.3 Å². The molecule has 0 radical (unpaired) electrons. The fraction of sp³-hybridized carbons (Fsp3) is 0.308. The monoisotopic (exact) mass is 292 g/mol. The molecule has 20 heavy (non-hydrogen) atoms. The highest BCUT2D eigenvalue weighted by molar-refractivity contribution is 7.99. The molecule has 0 saturated heterocycles. The molecular weight excluding hydrogens is 276 g/mol. The Balaban J connectivity index is 1.98. The van der Waals surface area contributed by atoms with E-state index >= 15 is 0 Å². The molecule has 0 saturated carbocycles. The van der Waals surface area contributed by atoms with E-state index in [1.54, 1.807) is 11.8 Å². The van der Waals surface area contributed by atoms with Crippen LogP contribution in [0.1, 0.15) is 12.8 Å². The fourth-order valence-corrected chi connectivity index (χ4v) is 2.27. The SMILES string of the molecule is CCSc1ccc(-c2noc(CNCC(N)=O)n2)cc1. The van der Waals surface area contributed by atoms with E-state index in [2.05, 4.69) is 22.4 Å². The lowest BCUT2D eigenvalue weighted by atomic mass is 10.2. The molecule has 0 bridgehead atoms. The smallest absolute Gasteiger partial charge is 0.240 e. The minimum atomic E-state index is -0.422. The molecule has 1 aromatic heterocycles. The van der Waals surface area contributed by atoms with E-state index in [0.29, 0.717) is 18.3 Å². The molecular formula is C13H16N4O2S. The largest absolute Gasteiger partial charge is 0.369 e. The Labute approximate surface area is 121 Å². The fourth-order valence-electron chi connectivity index (χ4n) is 1.60. The summed E-state index contributed by atoms with van der Waals surface area (Å²) in [4.78, 5) is 16.1. The van der Waals surface area contributed by atoms with Crippen LogP contribution in [-0.2, 0) is 11.3 Å². The van der Waals surface area contributed by atoms with Gasteiger partial charge in [0, 0.05) is 10.5 Å². The maximum atomic E-state index is 10.6. The summed E-state index contributed by atoms with van der Waals surface area (Å²) >= 11 is 1.78. The Morgan fingerprint density at radius 2 is 2.15 bits per heavy atom. The number of carbonyl (C=O) groups excluding carboxylic acids is 1. The van der Waals surface area contributed by atoms with Crippen molar-refractivity contribution >= 4 is 17.7 Å². The van der Waals surface area contributed by atoms with E-state index in [0.717, 1.165) is 11.3 Å². The number of rotatable bonds is 7. The minimum absolute atomic E-state index is 0.0840.